The van der Waals surface area contributed by atoms with Gasteiger partial charge in [-0.15, -0.1) is 0 Å². The van der Waals surface area contributed by atoms with Crippen molar-refractivity contribution in [3.05, 3.63) is 17.6 Å². The second kappa shape index (κ2) is 4.23. The number of carbonyl (C=O) groups excluding carboxylic acids is 1. The molecule has 2 atom stereocenters. The number of nitrogens with zero attached hydrogens (tertiary/aromatic N) is 3. The first kappa shape index (κ1) is 11.4. The highest BCUT2D eigenvalue weighted by molar-refractivity contribution is 5.94. The summed E-state index contributed by atoms with van der Waals surface area (Å²) in [5, 5.41) is 0. The molecule has 2 unspecified atom stereocenters. The van der Waals surface area contributed by atoms with Crippen LogP contribution in [0.3, 0.4) is 0 Å². The van der Waals surface area contributed by atoms with E-state index in [2.05, 4.69) is 14.9 Å². The Hall–Kier alpha value is -1.65. The summed E-state index contributed by atoms with van der Waals surface area (Å²) in [6.45, 7) is 2.85. The molecule has 0 N–H and O–H groups in total. The molecule has 0 amide bonds. The van der Waals surface area contributed by atoms with Crippen molar-refractivity contribution in [2.24, 2.45) is 5.92 Å². The summed E-state index contributed by atoms with van der Waals surface area (Å²) < 4.78 is 4.81. The third kappa shape index (κ3) is 1.74. The first-order valence-electron chi connectivity index (χ1n) is 6.37. The van der Waals surface area contributed by atoms with Crippen LogP contribution in [0.4, 0.5) is 5.82 Å². The molecule has 2 heterocycles. The molecule has 2 fully saturated rings. The molecule has 0 aromatic carbocycles. The van der Waals surface area contributed by atoms with Gasteiger partial charge in [0.15, 0.2) is 0 Å². The van der Waals surface area contributed by atoms with Gasteiger partial charge in [-0.2, -0.15) is 0 Å². The number of rotatable bonds is 2. The van der Waals surface area contributed by atoms with Crippen molar-refractivity contribution in [2.75, 3.05) is 18.6 Å². The molecule has 0 spiro atoms. The smallest absolute Gasteiger partial charge is 0.343 e. The topological polar surface area (TPSA) is 55.3 Å². The summed E-state index contributed by atoms with van der Waals surface area (Å²) in [5.74, 6) is 1.85. The van der Waals surface area contributed by atoms with E-state index in [1.54, 1.807) is 6.20 Å². The average molecular weight is 247 g/mol. The molecule has 5 nitrogen and oxygen atoms in total. The van der Waals surface area contributed by atoms with Crippen LogP contribution in [0, 0.1) is 12.8 Å². The van der Waals surface area contributed by atoms with Gasteiger partial charge in [-0.1, -0.05) is 0 Å². The van der Waals surface area contributed by atoms with Gasteiger partial charge >= 0.3 is 5.97 Å². The lowest BCUT2D eigenvalue weighted by atomic mass is 10.1. The van der Waals surface area contributed by atoms with E-state index in [9.17, 15) is 4.79 Å². The van der Waals surface area contributed by atoms with Gasteiger partial charge in [0.25, 0.3) is 0 Å². The van der Waals surface area contributed by atoms with Gasteiger partial charge in [0.2, 0.25) is 0 Å². The molecule has 2 bridgehead atoms. The Labute approximate surface area is 106 Å². The van der Waals surface area contributed by atoms with E-state index in [1.807, 2.05) is 6.92 Å². The zero-order chi connectivity index (χ0) is 12.7. The molecule has 5 heteroatoms. The van der Waals surface area contributed by atoms with Gasteiger partial charge < -0.3 is 9.64 Å². The number of hydrogen-bond acceptors (Lipinski definition) is 5. The number of methoxy groups -OCH3 is 1. The SMILES string of the molecule is COC(=O)c1cnc(C)nc1N1CC2CCC1C2. The van der Waals surface area contributed by atoms with Crippen molar-refractivity contribution in [3.63, 3.8) is 0 Å². The molecule has 1 aliphatic heterocycles. The van der Waals surface area contributed by atoms with E-state index in [1.165, 1.54) is 26.4 Å². The molecule has 1 aromatic rings. The van der Waals surface area contributed by atoms with E-state index in [0.717, 1.165) is 18.3 Å². The number of aryl methyl sites for hydroxylation is 1. The van der Waals surface area contributed by atoms with Crippen molar-refractivity contribution in [2.45, 2.75) is 32.2 Å². The predicted molar refractivity (Wildman–Crippen MR) is 66.6 cm³/mol. The highest BCUT2D eigenvalue weighted by atomic mass is 16.5. The number of hydrogen-bond donors (Lipinski definition) is 0. The molecule has 3 rings (SSSR count). The van der Waals surface area contributed by atoms with Crippen molar-refractivity contribution in [3.8, 4) is 0 Å². The van der Waals surface area contributed by atoms with Crippen LogP contribution in [0.25, 0.3) is 0 Å². The fourth-order valence-corrected chi connectivity index (χ4v) is 3.12. The third-order valence-corrected chi connectivity index (χ3v) is 3.98. The lowest BCUT2D eigenvalue weighted by Gasteiger charge is -2.29. The lowest BCUT2D eigenvalue weighted by molar-refractivity contribution is 0.0600. The van der Waals surface area contributed by atoms with Crippen LogP contribution in [0.2, 0.25) is 0 Å². The Bertz CT molecular complexity index is 489. The zero-order valence-corrected chi connectivity index (χ0v) is 10.7. The first-order chi connectivity index (χ1) is 8.69. The van der Waals surface area contributed by atoms with Crippen LogP contribution in [0.5, 0.6) is 0 Å². The minimum Gasteiger partial charge on any atom is -0.465 e. The van der Waals surface area contributed by atoms with Crippen LogP contribution in [-0.2, 0) is 4.74 Å². The maximum atomic E-state index is 11.8. The fraction of sp³-hybridized carbons (Fsp3) is 0.615. The van der Waals surface area contributed by atoms with Crippen LogP contribution in [-0.4, -0.2) is 35.6 Å². The Morgan fingerprint density at radius 3 is 2.94 bits per heavy atom. The van der Waals surface area contributed by atoms with Gasteiger partial charge in [0.05, 0.1) is 7.11 Å². The summed E-state index contributed by atoms with van der Waals surface area (Å²) in [7, 11) is 1.39. The van der Waals surface area contributed by atoms with Crippen LogP contribution >= 0.6 is 0 Å². The van der Waals surface area contributed by atoms with Crippen LogP contribution in [0.15, 0.2) is 6.20 Å². The molecule has 1 saturated carbocycles. The van der Waals surface area contributed by atoms with E-state index >= 15 is 0 Å². The lowest BCUT2D eigenvalue weighted by Crippen LogP contribution is -2.34. The number of aromatic nitrogens is 2. The number of anilines is 1. The van der Waals surface area contributed by atoms with Gasteiger partial charge in [0.1, 0.15) is 17.2 Å². The predicted octanol–water partition coefficient (Wildman–Crippen LogP) is 1.56. The van der Waals surface area contributed by atoms with Gasteiger partial charge in [-0.3, -0.25) is 0 Å². The molecule has 0 radical (unpaired) electrons. The van der Waals surface area contributed by atoms with Gasteiger partial charge in [-0.05, 0) is 32.1 Å². The number of esters is 1. The molecular weight excluding hydrogens is 230 g/mol. The summed E-state index contributed by atoms with van der Waals surface area (Å²) in [6.07, 6.45) is 5.31. The number of ether oxygens (including phenoxy) is 1. The Morgan fingerprint density at radius 2 is 2.33 bits per heavy atom. The largest absolute Gasteiger partial charge is 0.465 e. The second-order valence-corrected chi connectivity index (χ2v) is 5.13. The highest BCUT2D eigenvalue weighted by Gasteiger charge is 2.40. The maximum Gasteiger partial charge on any atom is 0.343 e. The second-order valence-electron chi connectivity index (χ2n) is 5.13. The first-order valence-corrected chi connectivity index (χ1v) is 6.37. The normalized spacial score (nSPS) is 25.6. The maximum absolute atomic E-state index is 11.8. The monoisotopic (exact) mass is 247 g/mol. The third-order valence-electron chi connectivity index (χ3n) is 3.98. The quantitative estimate of drug-likeness (QED) is 0.742. The zero-order valence-electron chi connectivity index (χ0n) is 10.7. The molecule has 2 aliphatic rings. The van der Waals surface area contributed by atoms with E-state index < -0.39 is 0 Å². The van der Waals surface area contributed by atoms with E-state index in [-0.39, 0.29) is 5.97 Å². The Kier molecular flexibility index (Phi) is 2.69. The van der Waals surface area contributed by atoms with Gasteiger partial charge in [-0.25, -0.2) is 14.8 Å². The number of fused-ring (bicyclic) bond motifs is 2. The molecule has 18 heavy (non-hydrogen) atoms. The summed E-state index contributed by atoms with van der Waals surface area (Å²) in [6, 6.07) is 0.535. The standard InChI is InChI=1S/C13H17N3O2/c1-8-14-6-11(13(17)18-2)12(15-8)16-7-9-3-4-10(16)5-9/h6,9-10H,3-5,7H2,1-2H3. The molecular formula is C13H17N3O2. The number of piperidine rings is 1. The van der Waals surface area contributed by atoms with Crippen LogP contribution in [0.1, 0.15) is 35.4 Å². The van der Waals surface area contributed by atoms with Crippen molar-refractivity contribution < 1.29 is 9.53 Å². The summed E-state index contributed by atoms with van der Waals surface area (Å²) in [5.41, 5.74) is 0.482. The number of carbonyl (C=O) groups is 1. The minimum absolute atomic E-state index is 0.354. The van der Waals surface area contributed by atoms with Crippen molar-refractivity contribution in [1.29, 1.82) is 0 Å². The Balaban J connectivity index is 1.99. The van der Waals surface area contributed by atoms with E-state index in [4.69, 9.17) is 4.74 Å². The minimum atomic E-state index is -0.354. The molecule has 1 aromatic heterocycles. The van der Waals surface area contributed by atoms with Crippen molar-refractivity contribution in [1.82, 2.24) is 9.97 Å². The summed E-state index contributed by atoms with van der Waals surface area (Å²) in [4.78, 5) is 22.6. The highest BCUT2D eigenvalue weighted by Crippen LogP contribution is 2.40. The Morgan fingerprint density at radius 1 is 1.50 bits per heavy atom. The van der Waals surface area contributed by atoms with Gasteiger partial charge in [0, 0.05) is 18.8 Å². The average Bonchev–Trinajstić information content (AvgIpc) is 3.00. The molecule has 96 valence electrons. The van der Waals surface area contributed by atoms with E-state index in [0.29, 0.717) is 17.4 Å². The molecule has 1 aliphatic carbocycles. The van der Waals surface area contributed by atoms with Crippen molar-refractivity contribution >= 4 is 11.8 Å². The summed E-state index contributed by atoms with van der Waals surface area (Å²) >= 11 is 0. The fourth-order valence-electron chi connectivity index (χ4n) is 3.12. The van der Waals surface area contributed by atoms with Crippen LogP contribution < -0.4 is 4.90 Å². The molecule has 1 saturated heterocycles.